The third-order valence-electron chi connectivity index (χ3n) is 2.49. The average Bonchev–Trinajstić information content (AvgIpc) is 2.16. The van der Waals surface area contributed by atoms with Gasteiger partial charge in [-0.2, -0.15) is 0 Å². The molecule has 1 fully saturated rings. The van der Waals surface area contributed by atoms with Gasteiger partial charge in [0.25, 0.3) is 0 Å². The van der Waals surface area contributed by atoms with Gasteiger partial charge in [-0.05, 0) is 24.6 Å². The van der Waals surface area contributed by atoms with Crippen LogP contribution in [-0.4, -0.2) is 19.7 Å². The summed E-state index contributed by atoms with van der Waals surface area (Å²) in [6.45, 7) is 3.41. The minimum absolute atomic E-state index is 0.418. The second-order valence-electron chi connectivity index (χ2n) is 3.53. The van der Waals surface area contributed by atoms with Crippen LogP contribution in [0.25, 0.3) is 0 Å². The number of nitrogens with one attached hydrogen (secondary N) is 1. The minimum atomic E-state index is -1.16. The molecule has 0 unspecified atom stereocenters. The average molecular weight is 195 g/mol. The predicted molar refractivity (Wildman–Crippen MR) is 53.3 cm³/mol. The van der Waals surface area contributed by atoms with E-state index in [1.807, 2.05) is 19.1 Å². The Morgan fingerprint density at radius 3 is 2.43 bits per heavy atom. The van der Waals surface area contributed by atoms with Crippen LogP contribution < -0.4 is 10.1 Å². The van der Waals surface area contributed by atoms with Crippen molar-refractivity contribution in [3.63, 3.8) is 0 Å². The van der Waals surface area contributed by atoms with E-state index in [1.54, 1.807) is 12.1 Å². The number of benzene rings is 1. The monoisotopic (exact) mass is 195 g/mol. The van der Waals surface area contributed by atoms with E-state index in [9.17, 15) is 4.39 Å². The standard InChI is InChI=1S/C11H14FNO/c1-2-14-10-5-3-9(4-6-10)11(12)7-13-8-11/h3-6,13H,2,7-8H2,1H3. The van der Waals surface area contributed by atoms with Crippen LogP contribution in [0.2, 0.25) is 0 Å². The Hall–Kier alpha value is -1.09. The molecular weight excluding hydrogens is 181 g/mol. The number of ether oxygens (including phenoxy) is 1. The Balaban J connectivity index is 2.13. The summed E-state index contributed by atoms with van der Waals surface area (Å²) < 4.78 is 19.1. The maximum absolute atomic E-state index is 13.9. The van der Waals surface area contributed by atoms with E-state index in [0.717, 1.165) is 11.3 Å². The van der Waals surface area contributed by atoms with E-state index >= 15 is 0 Å². The maximum Gasteiger partial charge on any atom is 0.160 e. The number of halogens is 1. The summed E-state index contributed by atoms with van der Waals surface area (Å²) in [5.74, 6) is 0.798. The fraction of sp³-hybridized carbons (Fsp3) is 0.455. The van der Waals surface area contributed by atoms with E-state index in [-0.39, 0.29) is 0 Å². The summed E-state index contributed by atoms with van der Waals surface area (Å²) in [6, 6.07) is 7.23. The molecule has 1 heterocycles. The van der Waals surface area contributed by atoms with Gasteiger partial charge >= 0.3 is 0 Å². The molecule has 14 heavy (non-hydrogen) atoms. The molecule has 1 aliphatic heterocycles. The lowest BCUT2D eigenvalue weighted by Gasteiger charge is -2.35. The molecule has 0 radical (unpaired) electrons. The normalized spacial score (nSPS) is 18.7. The number of hydrogen-bond acceptors (Lipinski definition) is 2. The third-order valence-corrected chi connectivity index (χ3v) is 2.49. The van der Waals surface area contributed by atoms with Crippen molar-refractivity contribution in [2.75, 3.05) is 19.7 Å². The van der Waals surface area contributed by atoms with E-state index in [1.165, 1.54) is 0 Å². The van der Waals surface area contributed by atoms with Gasteiger partial charge in [0.15, 0.2) is 5.67 Å². The van der Waals surface area contributed by atoms with Crippen LogP contribution in [0.3, 0.4) is 0 Å². The highest BCUT2D eigenvalue weighted by molar-refractivity contribution is 5.32. The van der Waals surface area contributed by atoms with Crippen molar-refractivity contribution in [2.24, 2.45) is 0 Å². The summed E-state index contributed by atoms with van der Waals surface area (Å²) in [5.41, 5.74) is -0.426. The molecule has 2 rings (SSSR count). The second kappa shape index (κ2) is 3.58. The zero-order chi connectivity index (χ0) is 10.0. The SMILES string of the molecule is CCOc1ccc(C2(F)CNC2)cc1. The van der Waals surface area contributed by atoms with Crippen LogP contribution >= 0.6 is 0 Å². The molecule has 1 aliphatic rings. The first-order valence-electron chi connectivity index (χ1n) is 4.87. The molecule has 1 aromatic rings. The van der Waals surface area contributed by atoms with Crippen LogP contribution in [0.1, 0.15) is 12.5 Å². The van der Waals surface area contributed by atoms with Gasteiger partial charge < -0.3 is 10.1 Å². The van der Waals surface area contributed by atoms with E-state index in [4.69, 9.17) is 4.74 Å². The zero-order valence-corrected chi connectivity index (χ0v) is 8.22. The van der Waals surface area contributed by atoms with Gasteiger partial charge in [0.2, 0.25) is 0 Å². The first-order chi connectivity index (χ1) is 6.74. The van der Waals surface area contributed by atoms with Crippen LogP contribution in [0.4, 0.5) is 4.39 Å². The fourth-order valence-electron chi connectivity index (χ4n) is 1.57. The summed E-state index contributed by atoms with van der Waals surface area (Å²) >= 11 is 0. The highest BCUT2D eigenvalue weighted by Crippen LogP contribution is 2.30. The molecule has 3 heteroatoms. The lowest BCUT2D eigenvalue weighted by atomic mass is 9.90. The fourth-order valence-corrected chi connectivity index (χ4v) is 1.57. The summed E-state index contributed by atoms with van der Waals surface area (Å²) in [4.78, 5) is 0. The van der Waals surface area contributed by atoms with Gasteiger partial charge in [-0.25, -0.2) is 4.39 Å². The molecule has 2 nitrogen and oxygen atoms in total. The zero-order valence-electron chi connectivity index (χ0n) is 8.22. The van der Waals surface area contributed by atoms with Crippen molar-refractivity contribution in [3.8, 4) is 5.75 Å². The van der Waals surface area contributed by atoms with Crippen molar-refractivity contribution in [3.05, 3.63) is 29.8 Å². The van der Waals surface area contributed by atoms with Crippen LogP contribution in [0, 0.1) is 0 Å². The molecule has 1 aromatic carbocycles. The predicted octanol–water partition coefficient (Wildman–Crippen LogP) is 1.85. The second-order valence-corrected chi connectivity index (χ2v) is 3.53. The molecule has 0 spiro atoms. The Bertz CT molecular complexity index is 306. The molecular formula is C11H14FNO. The summed E-state index contributed by atoms with van der Waals surface area (Å²) in [6.07, 6.45) is 0. The lowest BCUT2D eigenvalue weighted by molar-refractivity contribution is 0.0891. The number of alkyl halides is 1. The van der Waals surface area contributed by atoms with Crippen molar-refractivity contribution in [1.29, 1.82) is 0 Å². The van der Waals surface area contributed by atoms with Crippen LogP contribution in [-0.2, 0) is 5.67 Å². The highest BCUT2D eigenvalue weighted by atomic mass is 19.1. The van der Waals surface area contributed by atoms with Crippen molar-refractivity contribution in [1.82, 2.24) is 5.32 Å². The first kappa shape index (κ1) is 9.46. The van der Waals surface area contributed by atoms with E-state index in [2.05, 4.69) is 5.32 Å². The van der Waals surface area contributed by atoms with Gasteiger partial charge in [0, 0.05) is 13.1 Å². The topological polar surface area (TPSA) is 21.3 Å². The van der Waals surface area contributed by atoms with Crippen molar-refractivity contribution < 1.29 is 9.13 Å². The van der Waals surface area contributed by atoms with Crippen LogP contribution in [0.15, 0.2) is 24.3 Å². The Kier molecular flexibility index (Phi) is 2.42. The smallest absolute Gasteiger partial charge is 0.160 e. The van der Waals surface area contributed by atoms with Gasteiger partial charge in [0.05, 0.1) is 6.61 Å². The van der Waals surface area contributed by atoms with Gasteiger partial charge in [-0.1, -0.05) is 12.1 Å². The summed E-state index contributed by atoms with van der Waals surface area (Å²) in [5, 5.41) is 2.93. The maximum atomic E-state index is 13.9. The first-order valence-corrected chi connectivity index (χ1v) is 4.87. The van der Waals surface area contributed by atoms with Gasteiger partial charge in [-0.3, -0.25) is 0 Å². The Morgan fingerprint density at radius 1 is 1.36 bits per heavy atom. The Labute approximate surface area is 83.1 Å². The molecule has 0 aliphatic carbocycles. The van der Waals surface area contributed by atoms with Crippen molar-refractivity contribution in [2.45, 2.75) is 12.6 Å². The molecule has 0 amide bonds. The molecule has 1 saturated heterocycles. The minimum Gasteiger partial charge on any atom is -0.494 e. The van der Waals surface area contributed by atoms with Crippen LogP contribution in [0.5, 0.6) is 5.75 Å². The largest absolute Gasteiger partial charge is 0.494 e. The molecule has 76 valence electrons. The molecule has 0 saturated carbocycles. The molecule has 0 atom stereocenters. The summed E-state index contributed by atoms with van der Waals surface area (Å²) in [7, 11) is 0. The van der Waals surface area contributed by atoms with E-state index < -0.39 is 5.67 Å². The Morgan fingerprint density at radius 2 is 2.00 bits per heavy atom. The lowest BCUT2D eigenvalue weighted by Crippen LogP contribution is -2.53. The quantitative estimate of drug-likeness (QED) is 0.794. The number of hydrogen-bond donors (Lipinski definition) is 1. The van der Waals surface area contributed by atoms with Gasteiger partial charge in [-0.15, -0.1) is 0 Å². The third kappa shape index (κ3) is 1.60. The highest BCUT2D eigenvalue weighted by Gasteiger charge is 2.38. The van der Waals surface area contributed by atoms with Crippen molar-refractivity contribution >= 4 is 0 Å². The molecule has 0 aromatic heterocycles. The number of rotatable bonds is 3. The van der Waals surface area contributed by atoms with E-state index in [0.29, 0.717) is 19.7 Å². The molecule has 1 N–H and O–H groups in total. The van der Waals surface area contributed by atoms with Gasteiger partial charge in [0.1, 0.15) is 5.75 Å². The molecule has 0 bridgehead atoms.